The van der Waals surface area contributed by atoms with Crippen LogP contribution in [0.3, 0.4) is 0 Å². The van der Waals surface area contributed by atoms with Gasteiger partial charge in [0.1, 0.15) is 5.75 Å². The van der Waals surface area contributed by atoms with Gasteiger partial charge >= 0.3 is 0 Å². The molecule has 134 valence electrons. The molecule has 0 aliphatic carbocycles. The Morgan fingerprint density at radius 1 is 1.23 bits per heavy atom. The van der Waals surface area contributed by atoms with Crippen molar-refractivity contribution in [1.29, 1.82) is 0 Å². The van der Waals surface area contributed by atoms with Crippen molar-refractivity contribution in [2.24, 2.45) is 0 Å². The predicted molar refractivity (Wildman–Crippen MR) is 102 cm³/mol. The number of aryl methyl sites for hydroxylation is 2. The van der Waals surface area contributed by atoms with E-state index in [9.17, 15) is 4.79 Å². The molecular formula is C20H20ClN3O2. The zero-order valence-corrected chi connectivity index (χ0v) is 15.7. The fraction of sp³-hybridized carbons (Fsp3) is 0.200. The highest BCUT2D eigenvalue weighted by Crippen LogP contribution is 2.24. The fourth-order valence-electron chi connectivity index (χ4n) is 2.72. The third-order valence-electron chi connectivity index (χ3n) is 4.18. The predicted octanol–water partition coefficient (Wildman–Crippen LogP) is 4.08. The average Bonchev–Trinajstić information content (AvgIpc) is 3.06. The van der Waals surface area contributed by atoms with E-state index in [-0.39, 0.29) is 5.91 Å². The Kier molecular flexibility index (Phi) is 5.28. The molecule has 0 aliphatic heterocycles. The van der Waals surface area contributed by atoms with Gasteiger partial charge in [-0.05, 0) is 55.3 Å². The number of ether oxygens (including phenoxy) is 1. The van der Waals surface area contributed by atoms with E-state index in [1.54, 1.807) is 25.6 Å². The smallest absolute Gasteiger partial charge is 0.251 e. The molecule has 0 saturated heterocycles. The van der Waals surface area contributed by atoms with Crippen molar-refractivity contribution in [2.75, 3.05) is 7.11 Å². The van der Waals surface area contributed by atoms with Crippen LogP contribution in [-0.4, -0.2) is 22.6 Å². The van der Waals surface area contributed by atoms with Gasteiger partial charge in [-0.25, -0.2) is 4.98 Å². The Morgan fingerprint density at radius 2 is 2.04 bits per heavy atom. The summed E-state index contributed by atoms with van der Waals surface area (Å²) in [5.41, 5.74) is 4.35. The van der Waals surface area contributed by atoms with Gasteiger partial charge in [0.15, 0.2) is 0 Å². The molecule has 1 amide bonds. The van der Waals surface area contributed by atoms with E-state index in [1.807, 2.05) is 48.9 Å². The highest BCUT2D eigenvalue weighted by molar-refractivity contribution is 6.30. The normalized spacial score (nSPS) is 10.6. The molecule has 26 heavy (non-hydrogen) atoms. The molecule has 2 aromatic carbocycles. The minimum Gasteiger partial charge on any atom is -0.495 e. The number of hydrogen-bond acceptors (Lipinski definition) is 3. The van der Waals surface area contributed by atoms with Crippen LogP contribution < -0.4 is 10.1 Å². The summed E-state index contributed by atoms with van der Waals surface area (Å²) in [7, 11) is 1.58. The number of nitrogens with one attached hydrogen (secondary N) is 1. The standard InChI is InChI=1S/C20H20ClN3O2/c1-13-8-17(21)6-4-16(13)10-22-20(25)15-5-7-18(19(9-15)26-3)24-11-14(2)23-12-24/h4-9,11-12H,10H2,1-3H3,(H,22,25). The molecule has 3 rings (SSSR count). The number of aromatic nitrogens is 2. The van der Waals surface area contributed by atoms with Crippen molar-refractivity contribution in [2.45, 2.75) is 20.4 Å². The molecule has 6 heteroatoms. The molecule has 0 fully saturated rings. The number of benzene rings is 2. The van der Waals surface area contributed by atoms with Crippen LogP contribution in [0.2, 0.25) is 5.02 Å². The van der Waals surface area contributed by atoms with Crippen molar-refractivity contribution in [3.63, 3.8) is 0 Å². The highest BCUT2D eigenvalue weighted by Gasteiger charge is 2.12. The van der Waals surface area contributed by atoms with Gasteiger partial charge in [0, 0.05) is 23.3 Å². The van der Waals surface area contributed by atoms with Crippen molar-refractivity contribution >= 4 is 17.5 Å². The lowest BCUT2D eigenvalue weighted by atomic mass is 10.1. The summed E-state index contributed by atoms with van der Waals surface area (Å²) in [5, 5.41) is 3.62. The fourth-order valence-corrected chi connectivity index (χ4v) is 2.95. The maximum Gasteiger partial charge on any atom is 0.251 e. The number of rotatable bonds is 5. The van der Waals surface area contributed by atoms with Gasteiger partial charge in [0.05, 0.1) is 24.8 Å². The first-order valence-corrected chi connectivity index (χ1v) is 8.58. The second-order valence-corrected chi connectivity index (χ2v) is 6.50. The van der Waals surface area contributed by atoms with E-state index < -0.39 is 0 Å². The van der Waals surface area contributed by atoms with Crippen molar-refractivity contribution in [3.05, 3.63) is 76.3 Å². The van der Waals surface area contributed by atoms with E-state index in [4.69, 9.17) is 16.3 Å². The second-order valence-electron chi connectivity index (χ2n) is 6.06. The number of halogens is 1. The first-order chi connectivity index (χ1) is 12.5. The highest BCUT2D eigenvalue weighted by atomic mass is 35.5. The summed E-state index contributed by atoms with van der Waals surface area (Å²) >= 11 is 5.97. The first-order valence-electron chi connectivity index (χ1n) is 8.20. The number of hydrogen-bond donors (Lipinski definition) is 1. The second kappa shape index (κ2) is 7.62. The monoisotopic (exact) mass is 369 g/mol. The molecule has 0 unspecified atom stereocenters. The first kappa shape index (κ1) is 18.0. The SMILES string of the molecule is COc1cc(C(=O)NCc2ccc(Cl)cc2C)ccc1-n1cnc(C)c1. The lowest BCUT2D eigenvalue weighted by Gasteiger charge is -2.12. The van der Waals surface area contributed by atoms with E-state index in [0.29, 0.717) is 22.9 Å². The molecule has 0 radical (unpaired) electrons. The minimum absolute atomic E-state index is 0.161. The van der Waals surface area contributed by atoms with E-state index >= 15 is 0 Å². The van der Waals surface area contributed by atoms with Crippen LogP contribution in [0.25, 0.3) is 5.69 Å². The summed E-state index contributed by atoms with van der Waals surface area (Å²) in [5.74, 6) is 0.448. The topological polar surface area (TPSA) is 56.1 Å². The Bertz CT molecular complexity index is 950. The Labute approximate surface area is 157 Å². The van der Waals surface area contributed by atoms with Gasteiger partial charge in [-0.1, -0.05) is 17.7 Å². The lowest BCUT2D eigenvalue weighted by Crippen LogP contribution is -2.23. The Hall–Kier alpha value is -2.79. The van der Waals surface area contributed by atoms with Crippen LogP contribution in [0.4, 0.5) is 0 Å². The van der Waals surface area contributed by atoms with Gasteiger partial charge in [0.25, 0.3) is 5.91 Å². The lowest BCUT2D eigenvalue weighted by molar-refractivity contribution is 0.0950. The average molecular weight is 370 g/mol. The van der Waals surface area contributed by atoms with Crippen LogP contribution in [0.15, 0.2) is 48.9 Å². The maximum atomic E-state index is 12.5. The largest absolute Gasteiger partial charge is 0.495 e. The van der Waals surface area contributed by atoms with Gasteiger partial charge in [0.2, 0.25) is 0 Å². The summed E-state index contributed by atoms with van der Waals surface area (Å²) in [6.45, 7) is 4.33. The molecular weight excluding hydrogens is 350 g/mol. The third-order valence-corrected chi connectivity index (χ3v) is 4.41. The van der Waals surface area contributed by atoms with Gasteiger partial charge in [-0.3, -0.25) is 4.79 Å². The molecule has 0 aliphatic rings. The van der Waals surface area contributed by atoms with Gasteiger partial charge in [-0.15, -0.1) is 0 Å². The molecule has 5 nitrogen and oxygen atoms in total. The Morgan fingerprint density at radius 3 is 2.69 bits per heavy atom. The van der Waals surface area contributed by atoms with E-state index in [2.05, 4.69) is 10.3 Å². The van der Waals surface area contributed by atoms with Crippen molar-refractivity contribution < 1.29 is 9.53 Å². The molecule has 0 atom stereocenters. The molecule has 1 heterocycles. The van der Waals surface area contributed by atoms with Crippen molar-refractivity contribution in [1.82, 2.24) is 14.9 Å². The molecule has 0 bridgehead atoms. The van der Waals surface area contributed by atoms with Gasteiger partial charge < -0.3 is 14.6 Å². The van der Waals surface area contributed by atoms with Crippen LogP contribution in [0, 0.1) is 13.8 Å². The van der Waals surface area contributed by atoms with Crippen LogP contribution >= 0.6 is 11.6 Å². The quantitative estimate of drug-likeness (QED) is 0.737. The summed E-state index contributed by atoms with van der Waals surface area (Å²) in [6.07, 6.45) is 3.62. The molecule has 0 spiro atoms. The zero-order chi connectivity index (χ0) is 18.7. The number of amides is 1. The molecule has 0 saturated carbocycles. The van der Waals surface area contributed by atoms with E-state index in [0.717, 1.165) is 22.5 Å². The number of carbonyl (C=O) groups excluding carboxylic acids is 1. The van der Waals surface area contributed by atoms with Crippen LogP contribution in [-0.2, 0) is 6.54 Å². The number of carbonyl (C=O) groups is 1. The zero-order valence-electron chi connectivity index (χ0n) is 14.9. The maximum absolute atomic E-state index is 12.5. The third kappa shape index (κ3) is 3.89. The van der Waals surface area contributed by atoms with Crippen LogP contribution in [0.1, 0.15) is 27.2 Å². The van der Waals surface area contributed by atoms with Crippen LogP contribution in [0.5, 0.6) is 5.75 Å². The van der Waals surface area contributed by atoms with Crippen molar-refractivity contribution in [3.8, 4) is 11.4 Å². The molecule has 1 N–H and O–H groups in total. The van der Waals surface area contributed by atoms with E-state index in [1.165, 1.54) is 0 Å². The summed E-state index contributed by atoms with van der Waals surface area (Å²) in [4.78, 5) is 16.7. The minimum atomic E-state index is -0.161. The summed E-state index contributed by atoms with van der Waals surface area (Å²) < 4.78 is 7.32. The number of nitrogens with zero attached hydrogens (tertiary/aromatic N) is 2. The Balaban J connectivity index is 1.77. The molecule has 3 aromatic rings. The van der Waals surface area contributed by atoms with Gasteiger partial charge in [-0.2, -0.15) is 0 Å². The number of methoxy groups -OCH3 is 1. The molecule has 1 aromatic heterocycles. The summed E-state index contributed by atoms with van der Waals surface area (Å²) in [6, 6.07) is 11.0. The number of imidazole rings is 1.